The van der Waals surface area contributed by atoms with Gasteiger partial charge in [-0.25, -0.2) is 15.0 Å². The van der Waals surface area contributed by atoms with Crippen molar-refractivity contribution in [3.8, 4) is 0 Å². The lowest BCUT2D eigenvalue weighted by Crippen LogP contribution is -1.85. The maximum atomic E-state index is 5.71. The van der Waals surface area contributed by atoms with E-state index in [0.717, 1.165) is 33.4 Å². The largest absolute Gasteiger partial charge is 0.434 e. The molecule has 0 aliphatic carbocycles. The van der Waals surface area contributed by atoms with Gasteiger partial charge in [0.2, 0.25) is 5.71 Å². The summed E-state index contributed by atoms with van der Waals surface area (Å²) in [4.78, 5) is 12.8. The molecule has 0 fully saturated rings. The van der Waals surface area contributed by atoms with E-state index < -0.39 is 0 Å². The van der Waals surface area contributed by atoms with Gasteiger partial charge in [-0.15, -0.1) is 0 Å². The van der Waals surface area contributed by atoms with Crippen molar-refractivity contribution in [3.63, 3.8) is 0 Å². The standard InChI is InChI=1S/C12H11N3O/c1-6-4-7(2)15-12-9(6)10-11(16-12)8(3)13-5-14-10/h4-5H,1-3H3. The van der Waals surface area contributed by atoms with E-state index in [1.165, 1.54) is 0 Å². The normalized spacial score (nSPS) is 11.4. The van der Waals surface area contributed by atoms with Gasteiger partial charge in [-0.3, -0.25) is 0 Å². The molecule has 3 rings (SSSR count). The predicted octanol–water partition coefficient (Wildman–Crippen LogP) is 2.70. The van der Waals surface area contributed by atoms with Crippen LogP contribution in [-0.4, -0.2) is 15.0 Å². The minimum atomic E-state index is 0.649. The molecule has 0 saturated carbocycles. The van der Waals surface area contributed by atoms with Crippen LogP contribution in [0.3, 0.4) is 0 Å². The summed E-state index contributed by atoms with van der Waals surface area (Å²) in [6.07, 6.45) is 1.56. The first-order chi connectivity index (χ1) is 7.66. The van der Waals surface area contributed by atoms with Crippen LogP contribution in [0.25, 0.3) is 22.2 Å². The minimum Gasteiger partial charge on any atom is -0.434 e. The SMILES string of the molecule is Cc1cc(C)c2c(n1)oc1c(C)ncnc12. The van der Waals surface area contributed by atoms with E-state index >= 15 is 0 Å². The van der Waals surface area contributed by atoms with Crippen LogP contribution in [-0.2, 0) is 0 Å². The second-order valence-electron chi connectivity index (χ2n) is 4.00. The van der Waals surface area contributed by atoms with Crippen molar-refractivity contribution in [2.24, 2.45) is 0 Å². The van der Waals surface area contributed by atoms with E-state index in [9.17, 15) is 0 Å². The third-order valence-corrected chi connectivity index (χ3v) is 2.73. The van der Waals surface area contributed by atoms with Crippen LogP contribution in [0.5, 0.6) is 0 Å². The van der Waals surface area contributed by atoms with Gasteiger partial charge < -0.3 is 4.42 Å². The van der Waals surface area contributed by atoms with Crippen molar-refractivity contribution in [2.75, 3.05) is 0 Å². The van der Waals surface area contributed by atoms with Gasteiger partial charge in [-0.2, -0.15) is 0 Å². The highest BCUT2D eigenvalue weighted by atomic mass is 16.3. The van der Waals surface area contributed by atoms with Crippen LogP contribution in [0.4, 0.5) is 0 Å². The molecule has 0 aliphatic rings. The Morgan fingerprint density at radius 3 is 2.75 bits per heavy atom. The summed E-state index contributed by atoms with van der Waals surface area (Å²) in [5.74, 6) is 0. The van der Waals surface area contributed by atoms with Crippen LogP contribution in [0.1, 0.15) is 17.0 Å². The van der Waals surface area contributed by atoms with E-state index in [1.54, 1.807) is 6.33 Å². The first-order valence-corrected chi connectivity index (χ1v) is 5.15. The van der Waals surface area contributed by atoms with Gasteiger partial charge in [0.15, 0.2) is 5.58 Å². The number of rotatable bonds is 0. The Morgan fingerprint density at radius 1 is 1.12 bits per heavy atom. The highest BCUT2D eigenvalue weighted by molar-refractivity contribution is 6.03. The lowest BCUT2D eigenvalue weighted by molar-refractivity contribution is 0.645. The number of nitrogens with zero attached hydrogens (tertiary/aromatic N) is 3. The number of aromatic nitrogens is 3. The lowest BCUT2D eigenvalue weighted by Gasteiger charge is -1.96. The average Bonchev–Trinajstić information content (AvgIpc) is 2.57. The van der Waals surface area contributed by atoms with Gasteiger partial charge in [0.1, 0.15) is 11.8 Å². The monoisotopic (exact) mass is 213 g/mol. The highest BCUT2D eigenvalue weighted by Gasteiger charge is 2.14. The molecule has 0 atom stereocenters. The zero-order valence-corrected chi connectivity index (χ0v) is 9.40. The van der Waals surface area contributed by atoms with E-state index in [0.29, 0.717) is 5.71 Å². The summed E-state index contributed by atoms with van der Waals surface area (Å²) in [5.41, 5.74) is 5.18. The number of furan rings is 1. The molecule has 0 unspecified atom stereocenters. The summed E-state index contributed by atoms with van der Waals surface area (Å²) < 4.78 is 5.71. The molecule has 4 nitrogen and oxygen atoms in total. The molecule has 4 heteroatoms. The Bertz CT molecular complexity index is 700. The number of pyridine rings is 1. The molecule has 3 aromatic rings. The van der Waals surface area contributed by atoms with Crippen LogP contribution < -0.4 is 0 Å². The fourth-order valence-corrected chi connectivity index (χ4v) is 2.02. The molecule has 0 radical (unpaired) electrons. The maximum Gasteiger partial charge on any atom is 0.229 e. The van der Waals surface area contributed by atoms with Crippen molar-refractivity contribution in [2.45, 2.75) is 20.8 Å². The minimum absolute atomic E-state index is 0.649. The van der Waals surface area contributed by atoms with Gasteiger partial charge in [0.05, 0.1) is 11.1 Å². The van der Waals surface area contributed by atoms with Crippen molar-refractivity contribution in [1.82, 2.24) is 15.0 Å². The third-order valence-electron chi connectivity index (χ3n) is 2.73. The summed E-state index contributed by atoms with van der Waals surface area (Å²) in [5, 5.41) is 0.992. The summed E-state index contributed by atoms with van der Waals surface area (Å²) in [6, 6.07) is 2.04. The first-order valence-electron chi connectivity index (χ1n) is 5.15. The molecule has 0 N–H and O–H groups in total. The first kappa shape index (κ1) is 9.27. The number of hydrogen-bond donors (Lipinski definition) is 0. The second-order valence-corrected chi connectivity index (χ2v) is 4.00. The number of hydrogen-bond acceptors (Lipinski definition) is 4. The Balaban J connectivity index is 2.61. The quantitative estimate of drug-likeness (QED) is 0.576. The molecule has 3 aromatic heterocycles. The Labute approximate surface area is 92.3 Å². The van der Waals surface area contributed by atoms with Gasteiger partial charge >= 0.3 is 0 Å². The predicted molar refractivity (Wildman–Crippen MR) is 61.3 cm³/mol. The van der Waals surface area contributed by atoms with E-state index in [4.69, 9.17) is 4.42 Å². The Morgan fingerprint density at radius 2 is 1.94 bits per heavy atom. The zero-order valence-electron chi connectivity index (χ0n) is 9.40. The maximum absolute atomic E-state index is 5.71. The van der Waals surface area contributed by atoms with Crippen LogP contribution in [0.2, 0.25) is 0 Å². The molecule has 0 saturated heterocycles. The highest BCUT2D eigenvalue weighted by Crippen LogP contribution is 2.29. The smallest absolute Gasteiger partial charge is 0.229 e. The molecule has 0 aromatic carbocycles. The molecular formula is C12H11N3O. The van der Waals surface area contributed by atoms with E-state index in [2.05, 4.69) is 15.0 Å². The van der Waals surface area contributed by atoms with Crippen molar-refractivity contribution in [1.29, 1.82) is 0 Å². The Hall–Kier alpha value is -1.97. The van der Waals surface area contributed by atoms with E-state index in [1.807, 2.05) is 26.8 Å². The zero-order chi connectivity index (χ0) is 11.3. The molecule has 0 aliphatic heterocycles. The van der Waals surface area contributed by atoms with Gasteiger partial charge in [0, 0.05) is 5.69 Å². The molecular weight excluding hydrogens is 202 g/mol. The number of fused-ring (bicyclic) bond motifs is 3. The van der Waals surface area contributed by atoms with Crippen molar-refractivity contribution in [3.05, 3.63) is 29.3 Å². The van der Waals surface area contributed by atoms with Gasteiger partial charge in [-0.05, 0) is 32.4 Å². The van der Waals surface area contributed by atoms with Crippen molar-refractivity contribution < 1.29 is 4.42 Å². The topological polar surface area (TPSA) is 51.8 Å². The third kappa shape index (κ3) is 1.13. The number of aryl methyl sites for hydroxylation is 3. The van der Waals surface area contributed by atoms with Crippen LogP contribution in [0.15, 0.2) is 16.8 Å². The molecule has 0 spiro atoms. The summed E-state index contributed by atoms with van der Waals surface area (Å²) >= 11 is 0. The molecule has 0 bridgehead atoms. The van der Waals surface area contributed by atoms with Crippen LogP contribution >= 0.6 is 0 Å². The summed E-state index contributed by atoms with van der Waals surface area (Å²) in [6.45, 7) is 5.91. The lowest BCUT2D eigenvalue weighted by atomic mass is 10.1. The molecule has 80 valence electrons. The Kier molecular flexibility index (Phi) is 1.74. The molecule has 0 amide bonds. The van der Waals surface area contributed by atoms with E-state index in [-0.39, 0.29) is 0 Å². The van der Waals surface area contributed by atoms with Crippen LogP contribution in [0, 0.1) is 20.8 Å². The van der Waals surface area contributed by atoms with Gasteiger partial charge in [0.25, 0.3) is 0 Å². The second kappa shape index (κ2) is 3.01. The molecule has 16 heavy (non-hydrogen) atoms. The van der Waals surface area contributed by atoms with Gasteiger partial charge in [-0.1, -0.05) is 0 Å². The molecule has 3 heterocycles. The summed E-state index contributed by atoms with van der Waals surface area (Å²) in [7, 11) is 0. The fourth-order valence-electron chi connectivity index (χ4n) is 2.02. The average molecular weight is 213 g/mol. The van der Waals surface area contributed by atoms with Crippen molar-refractivity contribution >= 4 is 22.2 Å². The fraction of sp³-hybridized carbons (Fsp3) is 0.250.